The van der Waals surface area contributed by atoms with E-state index in [1.165, 1.54) is 18.2 Å². The largest absolute Gasteiger partial charge is 0.573 e. The SMILES string of the molecule is Cc1ccc(C=O)cc1C(=O)c1cccc(OC(F)(F)F)c1. The molecule has 0 aromatic heterocycles. The van der Waals surface area contributed by atoms with E-state index in [-0.39, 0.29) is 11.1 Å². The second-order valence-corrected chi connectivity index (χ2v) is 4.60. The molecule has 2 aromatic carbocycles. The van der Waals surface area contributed by atoms with Crippen LogP contribution in [0.25, 0.3) is 0 Å². The molecule has 0 aliphatic rings. The molecule has 0 aliphatic carbocycles. The van der Waals surface area contributed by atoms with Crippen LogP contribution in [0.15, 0.2) is 42.5 Å². The molecule has 0 saturated heterocycles. The van der Waals surface area contributed by atoms with Crippen LogP contribution in [-0.4, -0.2) is 18.4 Å². The number of hydrogen-bond donors (Lipinski definition) is 0. The summed E-state index contributed by atoms with van der Waals surface area (Å²) in [4.78, 5) is 23.2. The summed E-state index contributed by atoms with van der Waals surface area (Å²) in [6.45, 7) is 1.68. The van der Waals surface area contributed by atoms with Crippen LogP contribution in [-0.2, 0) is 0 Å². The lowest BCUT2D eigenvalue weighted by atomic mass is 9.97. The van der Waals surface area contributed by atoms with E-state index in [1.807, 2.05) is 0 Å². The third kappa shape index (κ3) is 3.72. The van der Waals surface area contributed by atoms with Crippen LogP contribution in [0.5, 0.6) is 5.75 Å². The lowest BCUT2D eigenvalue weighted by Gasteiger charge is -2.10. The zero-order valence-corrected chi connectivity index (χ0v) is 11.5. The first-order chi connectivity index (χ1) is 10.3. The van der Waals surface area contributed by atoms with E-state index >= 15 is 0 Å². The molecule has 0 radical (unpaired) electrons. The number of carbonyl (C=O) groups excluding carboxylic acids is 2. The van der Waals surface area contributed by atoms with Crippen LogP contribution in [0, 0.1) is 6.92 Å². The minimum Gasteiger partial charge on any atom is -0.406 e. The Hall–Kier alpha value is -2.63. The zero-order valence-electron chi connectivity index (χ0n) is 11.5. The van der Waals surface area contributed by atoms with E-state index in [0.717, 1.165) is 12.1 Å². The van der Waals surface area contributed by atoms with Crippen molar-refractivity contribution in [1.82, 2.24) is 0 Å². The van der Waals surface area contributed by atoms with Crippen LogP contribution in [0.4, 0.5) is 13.2 Å². The summed E-state index contributed by atoms with van der Waals surface area (Å²) in [6.07, 6.45) is -4.23. The van der Waals surface area contributed by atoms with Gasteiger partial charge in [-0.15, -0.1) is 13.2 Å². The zero-order chi connectivity index (χ0) is 16.3. The maximum atomic E-state index is 12.4. The summed E-state index contributed by atoms with van der Waals surface area (Å²) in [5.41, 5.74) is 1.25. The van der Waals surface area contributed by atoms with E-state index in [9.17, 15) is 22.8 Å². The van der Waals surface area contributed by atoms with Gasteiger partial charge in [-0.3, -0.25) is 9.59 Å². The van der Waals surface area contributed by atoms with Gasteiger partial charge < -0.3 is 4.74 Å². The van der Waals surface area contributed by atoms with Crippen molar-refractivity contribution in [3.8, 4) is 5.75 Å². The first kappa shape index (κ1) is 15.8. The number of halogens is 3. The summed E-state index contributed by atoms with van der Waals surface area (Å²) in [5.74, 6) is -0.948. The second kappa shape index (κ2) is 6.01. The van der Waals surface area contributed by atoms with Crippen LogP contribution in [0.2, 0.25) is 0 Å². The van der Waals surface area contributed by atoms with Gasteiger partial charge in [0.05, 0.1) is 0 Å². The van der Waals surface area contributed by atoms with Gasteiger partial charge in [0.2, 0.25) is 0 Å². The fraction of sp³-hybridized carbons (Fsp3) is 0.125. The summed E-state index contributed by atoms with van der Waals surface area (Å²) in [5, 5.41) is 0. The molecule has 0 N–H and O–H groups in total. The molecule has 0 atom stereocenters. The van der Waals surface area contributed by atoms with Gasteiger partial charge in [-0.1, -0.05) is 24.3 Å². The lowest BCUT2D eigenvalue weighted by Crippen LogP contribution is -2.17. The van der Waals surface area contributed by atoms with Crippen LogP contribution in [0.1, 0.15) is 31.8 Å². The number of carbonyl (C=O) groups is 2. The summed E-state index contributed by atoms with van der Waals surface area (Å²) < 4.78 is 40.4. The number of aldehydes is 1. The maximum Gasteiger partial charge on any atom is 0.573 e. The van der Waals surface area contributed by atoms with Crippen molar-refractivity contribution in [2.75, 3.05) is 0 Å². The topological polar surface area (TPSA) is 43.4 Å². The predicted octanol–water partition coefficient (Wildman–Crippen LogP) is 3.94. The minimum atomic E-state index is -4.82. The van der Waals surface area contributed by atoms with Crippen molar-refractivity contribution in [3.05, 3.63) is 64.7 Å². The fourth-order valence-corrected chi connectivity index (χ4v) is 1.95. The van der Waals surface area contributed by atoms with Gasteiger partial charge in [-0.2, -0.15) is 0 Å². The molecule has 6 heteroatoms. The number of alkyl halides is 3. The molecule has 0 bridgehead atoms. The highest BCUT2D eigenvalue weighted by Crippen LogP contribution is 2.25. The van der Waals surface area contributed by atoms with Gasteiger partial charge in [0, 0.05) is 16.7 Å². The van der Waals surface area contributed by atoms with Gasteiger partial charge >= 0.3 is 6.36 Å². The number of benzene rings is 2. The highest BCUT2D eigenvalue weighted by atomic mass is 19.4. The maximum absolute atomic E-state index is 12.4. The second-order valence-electron chi connectivity index (χ2n) is 4.60. The average molecular weight is 308 g/mol. The quantitative estimate of drug-likeness (QED) is 0.635. The van der Waals surface area contributed by atoms with E-state index in [1.54, 1.807) is 19.1 Å². The Kier molecular flexibility index (Phi) is 4.30. The molecule has 0 fully saturated rings. The monoisotopic (exact) mass is 308 g/mol. The molecule has 0 heterocycles. The Bertz CT molecular complexity index is 721. The molecule has 0 aliphatic heterocycles. The normalized spacial score (nSPS) is 11.1. The molecule has 0 amide bonds. The molecule has 2 rings (SSSR count). The fourth-order valence-electron chi connectivity index (χ4n) is 1.95. The van der Waals surface area contributed by atoms with Crippen molar-refractivity contribution < 1.29 is 27.5 Å². The standard InChI is InChI=1S/C16H11F3O3/c1-10-5-6-11(9-20)7-14(10)15(21)12-3-2-4-13(8-12)22-16(17,18)19/h2-9H,1H3. The first-order valence-electron chi connectivity index (χ1n) is 6.26. The lowest BCUT2D eigenvalue weighted by molar-refractivity contribution is -0.274. The number of ether oxygens (including phenoxy) is 1. The Labute approximate surface area is 124 Å². The predicted molar refractivity (Wildman–Crippen MR) is 73.1 cm³/mol. The summed E-state index contributed by atoms with van der Waals surface area (Å²) in [6, 6.07) is 9.38. The van der Waals surface area contributed by atoms with Crippen molar-refractivity contribution in [2.45, 2.75) is 13.3 Å². The van der Waals surface area contributed by atoms with Crippen LogP contribution >= 0.6 is 0 Å². The number of rotatable bonds is 4. The summed E-state index contributed by atoms with van der Waals surface area (Å²) >= 11 is 0. The van der Waals surface area contributed by atoms with Gasteiger partial charge in [0.1, 0.15) is 12.0 Å². The molecule has 0 unspecified atom stereocenters. The third-order valence-electron chi connectivity index (χ3n) is 2.97. The molecule has 0 saturated carbocycles. The van der Waals surface area contributed by atoms with E-state index in [0.29, 0.717) is 17.4 Å². The molecule has 22 heavy (non-hydrogen) atoms. The van der Waals surface area contributed by atoms with Crippen molar-refractivity contribution in [3.63, 3.8) is 0 Å². The van der Waals surface area contributed by atoms with Gasteiger partial charge in [-0.05, 0) is 30.7 Å². The Morgan fingerprint density at radius 2 is 1.86 bits per heavy atom. The highest BCUT2D eigenvalue weighted by molar-refractivity contribution is 6.10. The molecule has 0 spiro atoms. The highest BCUT2D eigenvalue weighted by Gasteiger charge is 2.31. The van der Waals surface area contributed by atoms with Crippen molar-refractivity contribution >= 4 is 12.1 Å². The third-order valence-corrected chi connectivity index (χ3v) is 2.97. The van der Waals surface area contributed by atoms with Crippen LogP contribution < -0.4 is 4.74 Å². The van der Waals surface area contributed by atoms with Crippen molar-refractivity contribution in [1.29, 1.82) is 0 Å². The Balaban J connectivity index is 2.38. The molecular formula is C16H11F3O3. The van der Waals surface area contributed by atoms with E-state index in [4.69, 9.17) is 0 Å². The molecular weight excluding hydrogens is 297 g/mol. The molecule has 3 nitrogen and oxygen atoms in total. The van der Waals surface area contributed by atoms with E-state index < -0.39 is 17.9 Å². The number of ketones is 1. The van der Waals surface area contributed by atoms with Gasteiger partial charge in [-0.25, -0.2) is 0 Å². The smallest absolute Gasteiger partial charge is 0.406 e. The number of hydrogen-bond acceptors (Lipinski definition) is 3. The number of aryl methyl sites for hydroxylation is 1. The molecule has 2 aromatic rings. The van der Waals surface area contributed by atoms with E-state index in [2.05, 4.69) is 4.74 Å². The summed E-state index contributed by atoms with van der Waals surface area (Å²) in [7, 11) is 0. The molecule has 114 valence electrons. The minimum absolute atomic E-state index is 0.0490. The average Bonchev–Trinajstić information content (AvgIpc) is 2.45. The van der Waals surface area contributed by atoms with Crippen molar-refractivity contribution in [2.24, 2.45) is 0 Å². The Morgan fingerprint density at radius 1 is 1.14 bits per heavy atom. The first-order valence-corrected chi connectivity index (χ1v) is 6.26. The Morgan fingerprint density at radius 3 is 2.50 bits per heavy atom. The van der Waals surface area contributed by atoms with Gasteiger partial charge in [0.15, 0.2) is 5.78 Å². The van der Waals surface area contributed by atoms with Crippen LogP contribution in [0.3, 0.4) is 0 Å². The van der Waals surface area contributed by atoms with Gasteiger partial charge in [0.25, 0.3) is 0 Å².